The maximum Gasteiger partial charge on any atom is 0.309 e. The number of nitrogens with zero attached hydrogens (tertiary/aromatic N) is 4. The number of piperidine rings is 1. The number of fused-ring (bicyclic) bond motifs is 4. The minimum atomic E-state index is -0.641. The van der Waals surface area contributed by atoms with E-state index in [1.54, 1.807) is 0 Å². The number of aliphatic carboxylic acids is 1. The average Bonchev–Trinajstić information content (AvgIpc) is 3.65. The third-order valence-corrected chi connectivity index (χ3v) is 14.1. The van der Waals surface area contributed by atoms with Crippen LogP contribution in [0, 0.1) is 11.2 Å². The molecule has 10 nitrogen and oxygen atoms in total. The van der Waals surface area contributed by atoms with Crippen LogP contribution in [0.25, 0.3) is 33.2 Å². The number of nitrogens with one attached hydrogen (secondary N) is 2. The molecular formula is C46H51Cl2FN6O4. The summed E-state index contributed by atoms with van der Waals surface area (Å²) in [4.78, 5) is 31.3. The number of hydrogen-bond donors (Lipinski definition) is 3. The monoisotopic (exact) mass is 840 g/mol. The third kappa shape index (κ3) is 7.94. The summed E-state index contributed by atoms with van der Waals surface area (Å²) in [7, 11) is 3.68. The smallest absolute Gasteiger partial charge is 0.309 e. The van der Waals surface area contributed by atoms with Crippen LogP contribution < -0.4 is 15.4 Å². The highest BCUT2D eigenvalue weighted by Gasteiger charge is 2.54. The van der Waals surface area contributed by atoms with Crippen molar-refractivity contribution >= 4 is 46.0 Å². The first kappa shape index (κ1) is 41.2. The molecule has 4 fully saturated rings. The highest BCUT2D eigenvalue weighted by Crippen LogP contribution is 2.55. The Kier molecular flexibility index (Phi) is 11.8. The number of aromatic nitrogens is 3. The SMILES string of the molecule is CCc1nc(Cn2ncc3c(-c4cccc(-c5cc(F)c(CNCC6CCCC(=O)N6)c(OC)c5)c4Cl)cccc32)c(Cl)cc1CN(C)C12CCC(C(=O)O)(CC1)CC2. The molecule has 5 aromatic rings. The van der Waals surface area contributed by atoms with Gasteiger partial charge in [0.05, 0.1) is 46.5 Å². The zero-order chi connectivity index (χ0) is 41.5. The maximum absolute atomic E-state index is 15.8. The number of pyridine rings is 1. The van der Waals surface area contributed by atoms with E-state index in [2.05, 4.69) is 29.5 Å². The Labute approximate surface area is 354 Å². The molecule has 310 valence electrons. The number of carboxylic acids is 1. The van der Waals surface area contributed by atoms with Crippen LogP contribution in [0.5, 0.6) is 5.75 Å². The lowest BCUT2D eigenvalue weighted by atomic mass is 9.57. The van der Waals surface area contributed by atoms with Gasteiger partial charge in [-0.3, -0.25) is 24.2 Å². The number of benzene rings is 3. The fourth-order valence-corrected chi connectivity index (χ4v) is 10.3. The van der Waals surface area contributed by atoms with Crippen molar-refractivity contribution in [1.29, 1.82) is 0 Å². The second-order valence-electron chi connectivity index (χ2n) is 16.7. The van der Waals surface area contributed by atoms with Gasteiger partial charge in [0.2, 0.25) is 5.91 Å². The summed E-state index contributed by atoms with van der Waals surface area (Å²) in [5.41, 5.74) is 6.53. The number of ether oxygens (including phenoxy) is 1. The molecule has 1 atom stereocenters. The number of methoxy groups -OCH3 is 1. The van der Waals surface area contributed by atoms with Gasteiger partial charge in [0.15, 0.2) is 0 Å². The normalized spacial score (nSPS) is 21.6. The van der Waals surface area contributed by atoms with Gasteiger partial charge in [0, 0.05) is 65.4 Å². The molecule has 0 spiro atoms. The lowest BCUT2D eigenvalue weighted by molar-refractivity contribution is -0.160. The van der Waals surface area contributed by atoms with Gasteiger partial charge < -0.3 is 20.5 Å². The molecule has 13 heteroatoms. The van der Waals surface area contributed by atoms with Gasteiger partial charge in [0.1, 0.15) is 11.6 Å². The Morgan fingerprint density at radius 3 is 2.49 bits per heavy atom. The Morgan fingerprint density at radius 1 is 1.05 bits per heavy atom. The Bertz CT molecular complexity index is 2390. The zero-order valence-electron chi connectivity index (χ0n) is 33.8. The number of halogens is 3. The molecule has 1 unspecified atom stereocenters. The topological polar surface area (TPSA) is 122 Å². The summed E-state index contributed by atoms with van der Waals surface area (Å²) >= 11 is 14.2. The predicted molar refractivity (Wildman–Crippen MR) is 229 cm³/mol. The summed E-state index contributed by atoms with van der Waals surface area (Å²) in [5.74, 6) is -0.585. The van der Waals surface area contributed by atoms with Crippen molar-refractivity contribution < 1.29 is 23.8 Å². The largest absolute Gasteiger partial charge is 0.496 e. The van der Waals surface area contributed by atoms with Crippen LogP contribution in [0.2, 0.25) is 10.0 Å². The zero-order valence-corrected chi connectivity index (χ0v) is 35.4. The molecule has 1 aliphatic heterocycles. The van der Waals surface area contributed by atoms with Gasteiger partial charge >= 0.3 is 5.97 Å². The van der Waals surface area contributed by atoms with Gasteiger partial charge in [-0.1, -0.05) is 60.5 Å². The van der Waals surface area contributed by atoms with Gasteiger partial charge in [-0.05, 0) is 106 Å². The molecule has 3 aromatic carbocycles. The first-order valence-electron chi connectivity index (χ1n) is 20.7. The minimum Gasteiger partial charge on any atom is -0.496 e. The van der Waals surface area contributed by atoms with Crippen molar-refractivity contribution in [3.05, 3.63) is 99.2 Å². The molecule has 3 aliphatic carbocycles. The quantitative estimate of drug-likeness (QED) is 0.101. The molecule has 3 heterocycles. The number of aryl methyl sites for hydroxylation is 1. The standard InChI is InChI=1S/C46H51Cl2FN6O4/c1-4-38-29(26-54(2)46-17-14-45(15-18-46,16-19-46)44(57)58)20-36(47)39(53-38)27-55-40-12-7-10-32(34(40)25-51-55)33-11-6-9-31(43(33)48)28-21-37(49)35(41(22-28)59-3)24-50-23-30-8-5-13-42(56)52-30/h6-7,9-12,20-22,25,30,50H,4-5,8,13-19,23-24,26-27H2,1-3H3,(H,52,56)(H,57,58). The van der Waals surface area contributed by atoms with Crippen molar-refractivity contribution in [2.75, 3.05) is 20.7 Å². The number of carboxylic acid groups (broad SMARTS) is 1. The van der Waals surface area contributed by atoms with Gasteiger partial charge in [0.25, 0.3) is 0 Å². The Morgan fingerprint density at radius 2 is 1.78 bits per heavy atom. The Hall–Kier alpha value is -4.55. The number of amides is 1. The molecule has 2 aromatic heterocycles. The number of carbonyl (C=O) groups is 2. The van der Waals surface area contributed by atoms with Crippen LogP contribution in [0.3, 0.4) is 0 Å². The summed E-state index contributed by atoms with van der Waals surface area (Å²) in [6, 6.07) is 17.1. The number of rotatable bonds is 14. The van der Waals surface area contributed by atoms with E-state index in [9.17, 15) is 14.7 Å². The van der Waals surface area contributed by atoms with E-state index < -0.39 is 17.2 Å². The molecule has 9 rings (SSSR count). The highest BCUT2D eigenvalue weighted by atomic mass is 35.5. The minimum absolute atomic E-state index is 0.00369. The molecular weight excluding hydrogens is 790 g/mol. The molecule has 59 heavy (non-hydrogen) atoms. The van der Waals surface area contributed by atoms with Crippen LogP contribution in [-0.4, -0.2) is 68.9 Å². The summed E-state index contributed by atoms with van der Waals surface area (Å²) < 4.78 is 23.3. The van der Waals surface area contributed by atoms with Crippen molar-refractivity contribution in [3.63, 3.8) is 0 Å². The van der Waals surface area contributed by atoms with E-state index in [4.69, 9.17) is 38.0 Å². The molecule has 3 saturated carbocycles. The fourth-order valence-electron chi connectivity index (χ4n) is 9.74. The number of carbonyl (C=O) groups excluding carboxylic acids is 1. The van der Waals surface area contributed by atoms with Crippen LogP contribution in [0.4, 0.5) is 4.39 Å². The van der Waals surface area contributed by atoms with Crippen LogP contribution in [0.15, 0.2) is 60.8 Å². The maximum atomic E-state index is 15.8. The van der Waals surface area contributed by atoms with E-state index in [1.165, 1.54) is 13.2 Å². The van der Waals surface area contributed by atoms with E-state index in [1.807, 2.05) is 59.4 Å². The van der Waals surface area contributed by atoms with Crippen LogP contribution in [-0.2, 0) is 35.6 Å². The van der Waals surface area contributed by atoms with Gasteiger partial charge in [-0.25, -0.2) is 4.39 Å². The lowest BCUT2D eigenvalue weighted by Crippen LogP contribution is -2.57. The molecule has 2 bridgehead atoms. The van der Waals surface area contributed by atoms with Crippen molar-refractivity contribution in [1.82, 2.24) is 30.3 Å². The first-order valence-corrected chi connectivity index (χ1v) is 21.4. The molecule has 3 N–H and O–H groups in total. The molecule has 4 aliphatic rings. The summed E-state index contributed by atoms with van der Waals surface area (Å²) in [6.45, 7) is 3.98. The van der Waals surface area contributed by atoms with Gasteiger partial charge in [-0.2, -0.15) is 5.10 Å². The number of hydrogen-bond acceptors (Lipinski definition) is 7. The van der Waals surface area contributed by atoms with E-state index in [0.29, 0.717) is 58.5 Å². The van der Waals surface area contributed by atoms with Crippen molar-refractivity contribution in [2.45, 2.75) is 102 Å². The Balaban J connectivity index is 1.01. The lowest BCUT2D eigenvalue weighted by Gasteiger charge is -2.55. The molecule has 0 radical (unpaired) electrons. The second-order valence-corrected chi connectivity index (χ2v) is 17.5. The first-order chi connectivity index (χ1) is 28.4. The van der Waals surface area contributed by atoms with Gasteiger partial charge in [-0.15, -0.1) is 0 Å². The predicted octanol–water partition coefficient (Wildman–Crippen LogP) is 9.20. The van der Waals surface area contributed by atoms with Crippen LogP contribution >= 0.6 is 23.2 Å². The molecule has 1 saturated heterocycles. The third-order valence-electron chi connectivity index (χ3n) is 13.4. The van der Waals surface area contributed by atoms with Crippen LogP contribution in [0.1, 0.15) is 87.2 Å². The van der Waals surface area contributed by atoms with E-state index in [0.717, 1.165) is 96.8 Å². The van der Waals surface area contributed by atoms with E-state index >= 15 is 4.39 Å². The second kappa shape index (κ2) is 16.8. The fraction of sp³-hybridized carbons (Fsp3) is 0.435. The molecule has 1 amide bonds. The van der Waals surface area contributed by atoms with E-state index in [-0.39, 0.29) is 24.0 Å². The van der Waals surface area contributed by atoms with Crippen molar-refractivity contribution in [3.8, 4) is 28.0 Å². The summed E-state index contributed by atoms with van der Waals surface area (Å²) in [5, 5.41) is 22.9. The average molecular weight is 842 g/mol. The highest BCUT2D eigenvalue weighted by molar-refractivity contribution is 6.36. The summed E-state index contributed by atoms with van der Waals surface area (Å²) in [6.07, 6.45) is 9.74. The van der Waals surface area contributed by atoms with Crippen molar-refractivity contribution in [2.24, 2.45) is 5.41 Å².